The average Bonchev–Trinajstić information content (AvgIpc) is 2.44. The molecule has 2 rings (SSSR count). The molecule has 0 saturated heterocycles. The van der Waals surface area contributed by atoms with E-state index in [1.165, 1.54) is 0 Å². The first-order valence-electron chi connectivity index (χ1n) is 6.37. The Balaban J connectivity index is 2.08. The van der Waals surface area contributed by atoms with Gasteiger partial charge in [0.25, 0.3) is 0 Å². The quantitative estimate of drug-likeness (QED) is 0.889. The lowest BCUT2D eigenvalue weighted by atomic mass is 10.2. The second kappa shape index (κ2) is 6.39. The number of rotatable bonds is 4. The molecule has 1 aromatic carbocycles. The molecule has 0 saturated carbocycles. The number of aromatic nitrogens is 1. The van der Waals surface area contributed by atoms with Gasteiger partial charge in [-0.05, 0) is 42.8 Å². The van der Waals surface area contributed by atoms with E-state index in [-0.39, 0.29) is 5.91 Å². The molecule has 2 N–H and O–H groups in total. The van der Waals surface area contributed by atoms with Crippen LogP contribution in [0.2, 0.25) is 5.02 Å². The molecule has 104 valence electrons. The van der Waals surface area contributed by atoms with Crippen molar-refractivity contribution >= 4 is 34.7 Å². The van der Waals surface area contributed by atoms with Gasteiger partial charge in [-0.25, -0.2) is 4.98 Å². The van der Waals surface area contributed by atoms with Crippen molar-refractivity contribution in [2.75, 3.05) is 10.6 Å². The van der Waals surface area contributed by atoms with E-state index in [1.807, 2.05) is 31.2 Å². The topological polar surface area (TPSA) is 54.0 Å². The van der Waals surface area contributed by atoms with E-state index in [1.54, 1.807) is 19.2 Å². The number of carbonyl (C=O) groups is 1. The van der Waals surface area contributed by atoms with Crippen LogP contribution in [0.1, 0.15) is 18.9 Å². The maximum absolute atomic E-state index is 11.3. The van der Waals surface area contributed by atoms with E-state index in [2.05, 4.69) is 15.6 Å². The molecule has 0 aliphatic heterocycles. The normalized spacial score (nSPS) is 10.2. The van der Waals surface area contributed by atoms with Gasteiger partial charge < -0.3 is 10.6 Å². The number of aryl methyl sites for hydroxylation is 1. The number of pyridine rings is 1. The van der Waals surface area contributed by atoms with Crippen molar-refractivity contribution in [2.45, 2.75) is 20.3 Å². The molecule has 0 aliphatic rings. The molecule has 0 unspecified atom stereocenters. The summed E-state index contributed by atoms with van der Waals surface area (Å²) < 4.78 is 0. The van der Waals surface area contributed by atoms with Crippen LogP contribution in [0.3, 0.4) is 0 Å². The molecular formula is C15H16ClN3O. The summed E-state index contributed by atoms with van der Waals surface area (Å²) in [6.07, 6.45) is 2.12. The fourth-order valence-electron chi connectivity index (χ4n) is 1.70. The van der Waals surface area contributed by atoms with Gasteiger partial charge in [-0.3, -0.25) is 4.79 Å². The third kappa shape index (κ3) is 3.71. The van der Waals surface area contributed by atoms with E-state index in [9.17, 15) is 4.79 Å². The van der Waals surface area contributed by atoms with Gasteiger partial charge in [-0.1, -0.05) is 18.5 Å². The molecule has 0 bridgehead atoms. The fourth-order valence-corrected chi connectivity index (χ4v) is 1.92. The van der Waals surface area contributed by atoms with E-state index >= 15 is 0 Å². The standard InChI is InChI=1S/C15H16ClN3O/c1-3-15(20)19-14-7-5-12(9-17-14)18-13-6-4-11(16)8-10(13)2/h4-9,18H,3H2,1-2H3,(H,17,19,20). The molecule has 1 amide bonds. The maximum atomic E-state index is 11.3. The summed E-state index contributed by atoms with van der Waals surface area (Å²) in [6.45, 7) is 3.78. The first kappa shape index (κ1) is 14.3. The lowest BCUT2D eigenvalue weighted by molar-refractivity contribution is -0.115. The molecule has 1 aromatic heterocycles. The van der Waals surface area contributed by atoms with Gasteiger partial charge in [0.15, 0.2) is 0 Å². The molecule has 5 heteroatoms. The SMILES string of the molecule is CCC(=O)Nc1ccc(Nc2ccc(Cl)cc2C)cn1. The van der Waals surface area contributed by atoms with Crippen molar-refractivity contribution in [3.8, 4) is 0 Å². The average molecular weight is 290 g/mol. The number of carbonyl (C=O) groups excluding carboxylic acids is 1. The summed E-state index contributed by atoms with van der Waals surface area (Å²) in [5, 5.41) is 6.68. The van der Waals surface area contributed by atoms with E-state index in [0.29, 0.717) is 17.3 Å². The second-order valence-corrected chi connectivity index (χ2v) is 4.85. The lowest BCUT2D eigenvalue weighted by Crippen LogP contribution is -2.10. The summed E-state index contributed by atoms with van der Waals surface area (Å²) in [4.78, 5) is 15.4. The maximum Gasteiger partial charge on any atom is 0.225 e. The van der Waals surface area contributed by atoms with Crippen LogP contribution >= 0.6 is 11.6 Å². The predicted molar refractivity (Wildman–Crippen MR) is 82.6 cm³/mol. The van der Waals surface area contributed by atoms with Crippen LogP contribution in [0.4, 0.5) is 17.2 Å². The van der Waals surface area contributed by atoms with Gasteiger partial charge in [0.2, 0.25) is 5.91 Å². The Morgan fingerprint density at radius 2 is 2.10 bits per heavy atom. The highest BCUT2D eigenvalue weighted by molar-refractivity contribution is 6.30. The monoisotopic (exact) mass is 289 g/mol. The van der Waals surface area contributed by atoms with Crippen molar-refractivity contribution in [2.24, 2.45) is 0 Å². The van der Waals surface area contributed by atoms with Crippen molar-refractivity contribution in [3.63, 3.8) is 0 Å². The molecule has 0 spiro atoms. The lowest BCUT2D eigenvalue weighted by Gasteiger charge is -2.10. The van der Waals surface area contributed by atoms with Crippen LogP contribution in [-0.2, 0) is 4.79 Å². The summed E-state index contributed by atoms with van der Waals surface area (Å²) >= 11 is 5.92. The zero-order valence-corrected chi connectivity index (χ0v) is 12.2. The summed E-state index contributed by atoms with van der Waals surface area (Å²) in [7, 11) is 0. The smallest absolute Gasteiger partial charge is 0.225 e. The van der Waals surface area contributed by atoms with Gasteiger partial charge >= 0.3 is 0 Å². The minimum atomic E-state index is -0.0493. The minimum absolute atomic E-state index is 0.0493. The van der Waals surface area contributed by atoms with E-state index in [4.69, 9.17) is 11.6 Å². The van der Waals surface area contributed by atoms with Gasteiger partial charge in [-0.2, -0.15) is 0 Å². The van der Waals surface area contributed by atoms with E-state index in [0.717, 1.165) is 16.9 Å². The number of halogens is 1. The Morgan fingerprint density at radius 3 is 2.70 bits per heavy atom. The molecule has 0 radical (unpaired) electrons. The highest BCUT2D eigenvalue weighted by Gasteiger charge is 2.02. The molecule has 0 fully saturated rings. The number of hydrogen-bond acceptors (Lipinski definition) is 3. The first-order chi connectivity index (χ1) is 9.58. The predicted octanol–water partition coefficient (Wildman–Crippen LogP) is 4.14. The zero-order valence-electron chi connectivity index (χ0n) is 11.4. The Labute approximate surface area is 123 Å². The largest absolute Gasteiger partial charge is 0.354 e. The van der Waals surface area contributed by atoms with Crippen molar-refractivity contribution in [3.05, 3.63) is 47.1 Å². The third-order valence-electron chi connectivity index (χ3n) is 2.82. The van der Waals surface area contributed by atoms with E-state index < -0.39 is 0 Å². The van der Waals surface area contributed by atoms with Crippen LogP contribution < -0.4 is 10.6 Å². The Bertz CT molecular complexity index is 611. The van der Waals surface area contributed by atoms with Crippen molar-refractivity contribution in [1.29, 1.82) is 0 Å². The van der Waals surface area contributed by atoms with Crippen molar-refractivity contribution < 1.29 is 4.79 Å². The molecule has 0 atom stereocenters. The molecule has 2 aromatic rings. The molecule has 0 aliphatic carbocycles. The molecule has 20 heavy (non-hydrogen) atoms. The minimum Gasteiger partial charge on any atom is -0.354 e. The summed E-state index contributed by atoms with van der Waals surface area (Å²) in [6, 6.07) is 9.28. The van der Waals surface area contributed by atoms with Gasteiger partial charge in [0, 0.05) is 17.1 Å². The number of anilines is 3. The number of nitrogens with zero attached hydrogens (tertiary/aromatic N) is 1. The van der Waals surface area contributed by atoms with Gasteiger partial charge in [0.05, 0.1) is 11.9 Å². The first-order valence-corrected chi connectivity index (χ1v) is 6.75. The molecular weight excluding hydrogens is 274 g/mol. The van der Waals surface area contributed by atoms with Crippen LogP contribution in [0.25, 0.3) is 0 Å². The number of hydrogen-bond donors (Lipinski definition) is 2. The van der Waals surface area contributed by atoms with Crippen molar-refractivity contribution in [1.82, 2.24) is 4.98 Å². The van der Waals surface area contributed by atoms with Crippen LogP contribution in [0.15, 0.2) is 36.5 Å². The number of amides is 1. The number of nitrogens with one attached hydrogen (secondary N) is 2. The van der Waals surface area contributed by atoms with Gasteiger partial charge in [-0.15, -0.1) is 0 Å². The zero-order chi connectivity index (χ0) is 14.5. The Morgan fingerprint density at radius 1 is 1.30 bits per heavy atom. The highest BCUT2D eigenvalue weighted by atomic mass is 35.5. The van der Waals surface area contributed by atoms with Crippen LogP contribution in [0.5, 0.6) is 0 Å². The fraction of sp³-hybridized carbons (Fsp3) is 0.200. The summed E-state index contributed by atoms with van der Waals surface area (Å²) in [5.41, 5.74) is 2.88. The Hall–Kier alpha value is -2.07. The molecule has 4 nitrogen and oxygen atoms in total. The number of benzene rings is 1. The molecule has 1 heterocycles. The summed E-state index contributed by atoms with van der Waals surface area (Å²) in [5.74, 6) is 0.502. The third-order valence-corrected chi connectivity index (χ3v) is 3.05. The second-order valence-electron chi connectivity index (χ2n) is 4.42. The van der Waals surface area contributed by atoms with Gasteiger partial charge in [0.1, 0.15) is 5.82 Å². The Kier molecular flexibility index (Phi) is 4.58. The highest BCUT2D eigenvalue weighted by Crippen LogP contribution is 2.23. The van der Waals surface area contributed by atoms with Crippen LogP contribution in [0, 0.1) is 6.92 Å². The van der Waals surface area contributed by atoms with Crippen LogP contribution in [-0.4, -0.2) is 10.9 Å².